The average Bonchev–Trinajstić information content (AvgIpc) is 2.75. The second-order valence-electron chi connectivity index (χ2n) is 4.65. The van der Waals surface area contributed by atoms with Gasteiger partial charge in [-0.3, -0.25) is 14.9 Å². The van der Waals surface area contributed by atoms with E-state index in [2.05, 4.69) is 10.3 Å². The van der Waals surface area contributed by atoms with Crippen molar-refractivity contribution in [2.75, 3.05) is 18.4 Å². The fourth-order valence-corrected chi connectivity index (χ4v) is 2.11. The van der Waals surface area contributed by atoms with E-state index in [9.17, 15) is 14.9 Å². The summed E-state index contributed by atoms with van der Waals surface area (Å²) in [7, 11) is 0. The van der Waals surface area contributed by atoms with Crippen molar-refractivity contribution in [2.45, 2.75) is 25.8 Å². The normalized spacial score (nSPS) is 16.5. The molecule has 1 saturated heterocycles. The maximum absolute atomic E-state index is 11.5. The lowest BCUT2D eigenvalue weighted by Gasteiger charge is -2.21. The summed E-state index contributed by atoms with van der Waals surface area (Å²) in [6, 6.07) is 3.03. The van der Waals surface area contributed by atoms with Crippen LogP contribution in [0.3, 0.4) is 0 Å². The molecule has 2 rings (SSSR count). The number of rotatable bonds is 5. The first-order valence-electron chi connectivity index (χ1n) is 6.21. The third-order valence-electron chi connectivity index (χ3n) is 3.02. The second-order valence-corrected chi connectivity index (χ2v) is 4.65. The van der Waals surface area contributed by atoms with Crippen molar-refractivity contribution in [3.05, 3.63) is 28.4 Å². The summed E-state index contributed by atoms with van der Waals surface area (Å²) in [6.07, 6.45) is 2.76. The summed E-state index contributed by atoms with van der Waals surface area (Å²) in [5, 5.41) is 13.6. The highest BCUT2D eigenvalue weighted by molar-refractivity contribution is 5.78. The maximum Gasteiger partial charge on any atom is 0.287 e. The zero-order valence-corrected chi connectivity index (χ0v) is 10.7. The summed E-state index contributed by atoms with van der Waals surface area (Å²) < 4.78 is 0. The van der Waals surface area contributed by atoms with Crippen molar-refractivity contribution >= 4 is 17.4 Å². The van der Waals surface area contributed by atoms with Gasteiger partial charge in [-0.25, -0.2) is 4.98 Å². The van der Waals surface area contributed by atoms with Crippen LogP contribution in [-0.2, 0) is 4.79 Å². The van der Waals surface area contributed by atoms with Crippen molar-refractivity contribution in [3.63, 3.8) is 0 Å². The minimum atomic E-state index is -0.483. The highest BCUT2D eigenvalue weighted by atomic mass is 16.6. The molecule has 0 aromatic carbocycles. The molecule has 19 heavy (non-hydrogen) atoms. The Labute approximate surface area is 110 Å². The van der Waals surface area contributed by atoms with Crippen molar-refractivity contribution in [2.24, 2.45) is 0 Å². The Morgan fingerprint density at radius 3 is 2.89 bits per heavy atom. The molecule has 1 atom stereocenters. The number of nitrogens with one attached hydrogen (secondary N) is 1. The zero-order valence-electron chi connectivity index (χ0n) is 10.7. The van der Waals surface area contributed by atoms with Gasteiger partial charge < -0.3 is 10.2 Å². The maximum atomic E-state index is 11.5. The van der Waals surface area contributed by atoms with Gasteiger partial charge in [0, 0.05) is 31.6 Å². The van der Waals surface area contributed by atoms with Gasteiger partial charge in [0.25, 0.3) is 5.69 Å². The standard InChI is InChI=1S/C12H16N4O3/c1-9(8-15-6-2-3-12(15)17)14-11-5-4-10(7-13-11)16(18)19/h4-5,7,9H,2-3,6,8H2,1H3,(H,13,14). The fraction of sp³-hybridized carbons (Fsp3) is 0.500. The molecule has 0 aliphatic carbocycles. The van der Waals surface area contributed by atoms with Gasteiger partial charge in [0.1, 0.15) is 12.0 Å². The first kappa shape index (κ1) is 13.3. The number of anilines is 1. The van der Waals surface area contributed by atoms with Gasteiger partial charge in [-0.15, -0.1) is 0 Å². The Balaban J connectivity index is 1.89. The van der Waals surface area contributed by atoms with Gasteiger partial charge in [0.05, 0.1) is 4.92 Å². The summed E-state index contributed by atoms with van der Waals surface area (Å²) >= 11 is 0. The molecule has 0 bridgehead atoms. The van der Waals surface area contributed by atoms with Gasteiger partial charge in [-0.05, 0) is 19.4 Å². The molecule has 0 saturated carbocycles. The number of carbonyl (C=O) groups is 1. The van der Waals surface area contributed by atoms with Crippen LogP contribution >= 0.6 is 0 Å². The van der Waals surface area contributed by atoms with Crippen molar-refractivity contribution in [1.29, 1.82) is 0 Å². The lowest BCUT2D eigenvalue weighted by atomic mass is 10.3. The fourth-order valence-electron chi connectivity index (χ4n) is 2.11. The van der Waals surface area contributed by atoms with Gasteiger partial charge in [-0.1, -0.05) is 0 Å². The molecule has 7 heteroatoms. The van der Waals surface area contributed by atoms with Crippen LogP contribution in [0.4, 0.5) is 11.5 Å². The molecule has 1 aromatic heterocycles. The van der Waals surface area contributed by atoms with Crippen molar-refractivity contribution in [3.8, 4) is 0 Å². The Bertz CT molecular complexity index is 474. The van der Waals surface area contributed by atoms with E-state index in [0.717, 1.165) is 13.0 Å². The van der Waals surface area contributed by atoms with E-state index >= 15 is 0 Å². The van der Waals surface area contributed by atoms with E-state index in [1.165, 1.54) is 12.3 Å². The number of amides is 1. The molecule has 1 amide bonds. The van der Waals surface area contributed by atoms with Crippen LogP contribution in [0.15, 0.2) is 18.3 Å². The van der Waals surface area contributed by atoms with E-state index < -0.39 is 4.92 Å². The van der Waals surface area contributed by atoms with Crippen molar-refractivity contribution < 1.29 is 9.72 Å². The molecule has 1 fully saturated rings. The Morgan fingerprint density at radius 1 is 1.58 bits per heavy atom. The lowest BCUT2D eigenvalue weighted by molar-refractivity contribution is -0.385. The number of pyridine rings is 1. The van der Waals surface area contributed by atoms with Crippen molar-refractivity contribution in [1.82, 2.24) is 9.88 Å². The zero-order chi connectivity index (χ0) is 13.8. The molecule has 1 unspecified atom stereocenters. The number of likely N-dealkylation sites (tertiary alicyclic amines) is 1. The summed E-state index contributed by atoms with van der Waals surface area (Å²) in [5.74, 6) is 0.759. The van der Waals surface area contributed by atoms with Crippen LogP contribution in [-0.4, -0.2) is 39.8 Å². The summed E-state index contributed by atoms with van der Waals surface area (Å²) in [5.41, 5.74) is -0.0343. The molecule has 1 aliphatic heterocycles. The van der Waals surface area contributed by atoms with E-state index in [0.29, 0.717) is 18.8 Å². The Morgan fingerprint density at radius 2 is 2.37 bits per heavy atom. The number of nitro groups is 1. The van der Waals surface area contributed by atoms with Crippen LogP contribution in [0.1, 0.15) is 19.8 Å². The van der Waals surface area contributed by atoms with Gasteiger partial charge in [0.2, 0.25) is 5.91 Å². The molecule has 102 valence electrons. The average molecular weight is 264 g/mol. The highest BCUT2D eigenvalue weighted by Crippen LogP contribution is 2.14. The largest absolute Gasteiger partial charge is 0.366 e. The Hall–Kier alpha value is -2.18. The molecule has 1 N–H and O–H groups in total. The van der Waals surface area contributed by atoms with Crippen LogP contribution in [0.2, 0.25) is 0 Å². The predicted molar refractivity (Wildman–Crippen MR) is 69.8 cm³/mol. The van der Waals surface area contributed by atoms with E-state index in [1.807, 2.05) is 11.8 Å². The summed E-state index contributed by atoms with van der Waals surface area (Å²) in [6.45, 7) is 3.38. The van der Waals surface area contributed by atoms with Gasteiger partial charge in [-0.2, -0.15) is 0 Å². The van der Waals surface area contributed by atoms with E-state index in [4.69, 9.17) is 0 Å². The van der Waals surface area contributed by atoms with Crippen LogP contribution in [0.5, 0.6) is 0 Å². The Kier molecular flexibility index (Phi) is 3.94. The van der Waals surface area contributed by atoms with Crippen LogP contribution in [0, 0.1) is 10.1 Å². The topological polar surface area (TPSA) is 88.4 Å². The SMILES string of the molecule is CC(CN1CCCC1=O)Nc1ccc([N+](=O)[O-])cn1. The lowest BCUT2D eigenvalue weighted by Crippen LogP contribution is -2.35. The predicted octanol–water partition coefficient (Wildman–Crippen LogP) is 1.41. The monoisotopic (exact) mass is 264 g/mol. The first-order valence-corrected chi connectivity index (χ1v) is 6.21. The quantitative estimate of drug-likeness (QED) is 0.641. The summed E-state index contributed by atoms with van der Waals surface area (Å²) in [4.78, 5) is 27.3. The number of nitrogens with zero attached hydrogens (tertiary/aromatic N) is 3. The minimum Gasteiger partial charge on any atom is -0.366 e. The molecule has 2 heterocycles. The molecule has 1 aromatic rings. The molecular weight excluding hydrogens is 248 g/mol. The second kappa shape index (κ2) is 5.64. The van der Waals surface area contributed by atoms with Crippen LogP contribution < -0.4 is 5.32 Å². The molecule has 1 aliphatic rings. The minimum absolute atomic E-state index is 0.0343. The van der Waals surface area contributed by atoms with E-state index in [-0.39, 0.29) is 17.6 Å². The third-order valence-corrected chi connectivity index (χ3v) is 3.02. The van der Waals surface area contributed by atoms with Crippen LogP contribution in [0.25, 0.3) is 0 Å². The van der Waals surface area contributed by atoms with Gasteiger partial charge in [0.15, 0.2) is 0 Å². The number of carbonyl (C=O) groups excluding carboxylic acids is 1. The first-order chi connectivity index (χ1) is 9.06. The molecule has 0 spiro atoms. The van der Waals surface area contributed by atoms with E-state index in [1.54, 1.807) is 6.07 Å². The highest BCUT2D eigenvalue weighted by Gasteiger charge is 2.21. The third kappa shape index (κ3) is 3.40. The van der Waals surface area contributed by atoms with Gasteiger partial charge >= 0.3 is 0 Å². The smallest absolute Gasteiger partial charge is 0.287 e. The molecule has 0 radical (unpaired) electrons. The number of hydrogen-bond acceptors (Lipinski definition) is 5. The number of hydrogen-bond donors (Lipinski definition) is 1. The number of aromatic nitrogens is 1. The molecular formula is C12H16N4O3. The molecule has 7 nitrogen and oxygen atoms in total.